The van der Waals surface area contributed by atoms with Crippen LogP contribution in [0, 0.1) is 0 Å². The van der Waals surface area contributed by atoms with E-state index in [1.54, 1.807) is 0 Å². The summed E-state index contributed by atoms with van der Waals surface area (Å²) in [6, 6.07) is 54.4. The van der Waals surface area contributed by atoms with Crippen LogP contribution in [-0.2, 0) is 11.8 Å². The predicted octanol–water partition coefficient (Wildman–Crippen LogP) is 10.3. The Morgan fingerprint density at radius 3 is 1.13 bits per heavy atom. The maximum atomic E-state index is 7.05. The first-order valence-electron chi connectivity index (χ1n) is 15.4. The third kappa shape index (κ3) is 4.20. The van der Waals surface area contributed by atoms with Gasteiger partial charge in [0.2, 0.25) is 0 Å². The Morgan fingerprint density at radius 2 is 0.739 bits per heavy atom. The van der Waals surface area contributed by atoms with Gasteiger partial charge in [-0.15, -0.1) is 0 Å². The number of rotatable bonds is 4. The fraction of sp³-hybridized carbons (Fsp3) is 0. The molecular weight excluding hydrogens is 600 g/mol. The minimum Gasteiger partial charge on any atom is -0.455 e. The molecule has 0 fully saturated rings. The lowest BCUT2D eigenvalue weighted by Crippen LogP contribution is -2.35. The molecule has 0 spiro atoms. The minimum absolute atomic E-state index is 0.791. The molecule has 2 heterocycles. The number of hydrogen-bond donors (Lipinski definition) is 0. The van der Waals surface area contributed by atoms with Gasteiger partial charge in [-0.25, -0.2) is 0 Å². The molecule has 7 aromatic carbocycles. The Balaban J connectivity index is 1.37. The van der Waals surface area contributed by atoms with Crippen LogP contribution in [0.3, 0.4) is 0 Å². The minimum atomic E-state index is -2.65. The van der Waals surface area contributed by atoms with E-state index in [4.69, 9.17) is 21.3 Å². The van der Waals surface area contributed by atoms with E-state index < -0.39 is 6.04 Å². The maximum absolute atomic E-state index is 7.05. The molecule has 0 radical (unpaired) electrons. The van der Waals surface area contributed by atoms with Crippen molar-refractivity contribution in [2.45, 2.75) is 0 Å². The maximum Gasteiger partial charge on any atom is 0.148 e. The molecule has 0 amide bonds. The standard InChI is InChI=1S/C42H27O2PS/c46-45-38-23-21-32(28-13-5-1-6-14-28)25-36(38)43-40-34(30-17-9-3-10-18-30)27-35(31-19-11-4-12-20-31)41(42(40)45)44-37-26-33(22-24-39(37)45)29-15-7-2-8-16-29/h1-27H. The van der Waals surface area contributed by atoms with Crippen LogP contribution in [0.2, 0.25) is 0 Å². The van der Waals surface area contributed by atoms with Crippen LogP contribution in [0.5, 0.6) is 23.0 Å². The normalized spacial score (nSPS) is 13.4. The van der Waals surface area contributed by atoms with Gasteiger partial charge in [0.1, 0.15) is 23.0 Å². The number of fused-ring (bicyclic) bond motifs is 4. The van der Waals surface area contributed by atoms with Crippen LogP contribution in [0.4, 0.5) is 0 Å². The van der Waals surface area contributed by atoms with E-state index in [-0.39, 0.29) is 0 Å². The topological polar surface area (TPSA) is 18.5 Å². The average molecular weight is 627 g/mol. The second kappa shape index (κ2) is 10.7. The van der Waals surface area contributed by atoms with Crippen molar-refractivity contribution in [3.63, 3.8) is 0 Å². The molecule has 0 N–H and O–H groups in total. The van der Waals surface area contributed by atoms with Gasteiger partial charge < -0.3 is 9.47 Å². The van der Waals surface area contributed by atoms with Gasteiger partial charge in [-0.3, -0.25) is 0 Å². The quantitative estimate of drug-likeness (QED) is 0.181. The van der Waals surface area contributed by atoms with Crippen molar-refractivity contribution in [3.05, 3.63) is 164 Å². The SMILES string of the molecule is S=P12c3ccc(-c4ccccc4)cc3Oc3c(-c4ccccc4)cc(-c4ccccc4)c(c31)Oc1cc(-c3ccccc3)ccc12. The van der Waals surface area contributed by atoms with Crippen molar-refractivity contribution >= 4 is 33.8 Å². The first kappa shape index (κ1) is 27.1. The summed E-state index contributed by atoms with van der Waals surface area (Å²) in [5.74, 6) is 3.21. The monoisotopic (exact) mass is 626 g/mol. The van der Waals surface area contributed by atoms with Crippen LogP contribution >= 0.6 is 6.04 Å². The first-order valence-corrected chi connectivity index (χ1v) is 18.2. The summed E-state index contributed by atoms with van der Waals surface area (Å²) in [6.07, 6.45) is 0. The fourth-order valence-electron chi connectivity index (χ4n) is 6.71. The molecule has 46 heavy (non-hydrogen) atoms. The Hall–Kier alpha value is -5.21. The van der Waals surface area contributed by atoms with E-state index in [1.165, 1.54) is 0 Å². The number of ether oxygens (including phenoxy) is 2. The van der Waals surface area contributed by atoms with E-state index in [0.29, 0.717) is 0 Å². The zero-order chi connectivity index (χ0) is 30.7. The zero-order valence-electron chi connectivity index (χ0n) is 24.8. The van der Waals surface area contributed by atoms with Gasteiger partial charge in [-0.05, 0) is 63.7 Å². The lowest BCUT2D eigenvalue weighted by Gasteiger charge is -2.39. The van der Waals surface area contributed by atoms with Crippen molar-refractivity contribution in [2.24, 2.45) is 0 Å². The van der Waals surface area contributed by atoms with Crippen molar-refractivity contribution < 1.29 is 9.47 Å². The molecule has 7 aromatic rings. The molecule has 0 unspecified atom stereocenters. The fourth-order valence-corrected chi connectivity index (χ4v) is 11.2. The molecule has 4 heteroatoms. The molecule has 9 rings (SSSR count). The summed E-state index contributed by atoms with van der Waals surface area (Å²) in [6.45, 7) is 0. The molecule has 0 saturated carbocycles. The Morgan fingerprint density at radius 1 is 0.370 bits per heavy atom. The highest BCUT2D eigenvalue weighted by Gasteiger charge is 2.45. The smallest absolute Gasteiger partial charge is 0.148 e. The second-order valence-electron chi connectivity index (χ2n) is 11.6. The highest BCUT2D eigenvalue weighted by molar-refractivity contribution is 8.26. The highest BCUT2D eigenvalue weighted by Crippen LogP contribution is 2.62. The second-order valence-corrected chi connectivity index (χ2v) is 15.9. The lowest BCUT2D eigenvalue weighted by molar-refractivity contribution is 0.469. The third-order valence-corrected chi connectivity index (χ3v) is 13.8. The summed E-state index contributed by atoms with van der Waals surface area (Å²) >= 11 is 7.05. The summed E-state index contributed by atoms with van der Waals surface area (Å²) in [5.41, 5.74) is 8.64. The summed E-state index contributed by atoms with van der Waals surface area (Å²) in [4.78, 5) is 0. The van der Waals surface area contributed by atoms with Gasteiger partial charge in [0.25, 0.3) is 0 Å². The van der Waals surface area contributed by atoms with Gasteiger partial charge in [-0.1, -0.05) is 145 Å². The Kier molecular flexibility index (Phi) is 6.31. The molecule has 0 bridgehead atoms. The van der Waals surface area contributed by atoms with E-state index in [0.717, 1.165) is 83.4 Å². The Bertz CT molecular complexity index is 2160. The summed E-state index contributed by atoms with van der Waals surface area (Å²) in [5, 5.41) is 3.09. The summed E-state index contributed by atoms with van der Waals surface area (Å²) < 4.78 is 14.0. The van der Waals surface area contributed by atoms with E-state index in [1.807, 2.05) is 24.3 Å². The molecule has 2 aliphatic heterocycles. The molecule has 0 aromatic heterocycles. The zero-order valence-corrected chi connectivity index (χ0v) is 26.5. The van der Waals surface area contributed by atoms with Gasteiger partial charge >= 0.3 is 0 Å². The molecular formula is C42H27O2PS. The number of hydrogen-bond acceptors (Lipinski definition) is 3. The van der Waals surface area contributed by atoms with E-state index in [2.05, 4.69) is 140 Å². The summed E-state index contributed by atoms with van der Waals surface area (Å²) in [7, 11) is 0. The highest BCUT2D eigenvalue weighted by atomic mass is 32.4. The third-order valence-electron chi connectivity index (χ3n) is 8.93. The molecule has 0 aliphatic carbocycles. The lowest BCUT2D eigenvalue weighted by atomic mass is 9.96. The first-order chi connectivity index (χ1) is 22.7. The van der Waals surface area contributed by atoms with Gasteiger partial charge in [0, 0.05) is 21.7 Å². The van der Waals surface area contributed by atoms with Crippen molar-refractivity contribution in [1.82, 2.24) is 0 Å². The van der Waals surface area contributed by atoms with Gasteiger partial charge in [0.15, 0.2) is 0 Å². The van der Waals surface area contributed by atoms with Crippen molar-refractivity contribution in [2.75, 3.05) is 0 Å². The van der Waals surface area contributed by atoms with Crippen molar-refractivity contribution in [3.8, 4) is 67.5 Å². The van der Waals surface area contributed by atoms with E-state index >= 15 is 0 Å². The molecule has 0 atom stereocenters. The largest absolute Gasteiger partial charge is 0.455 e. The van der Waals surface area contributed by atoms with Crippen molar-refractivity contribution in [1.29, 1.82) is 0 Å². The van der Waals surface area contributed by atoms with Crippen LogP contribution in [0.15, 0.2) is 164 Å². The predicted molar refractivity (Wildman–Crippen MR) is 194 cm³/mol. The Labute approximate surface area is 273 Å². The van der Waals surface area contributed by atoms with Crippen LogP contribution in [-0.4, -0.2) is 0 Å². The average Bonchev–Trinajstić information content (AvgIpc) is 3.13. The van der Waals surface area contributed by atoms with Gasteiger partial charge in [-0.2, -0.15) is 0 Å². The molecule has 218 valence electrons. The van der Waals surface area contributed by atoms with Crippen LogP contribution in [0.1, 0.15) is 0 Å². The van der Waals surface area contributed by atoms with Crippen LogP contribution in [0.25, 0.3) is 44.5 Å². The molecule has 0 saturated heterocycles. The molecule has 2 aliphatic rings. The van der Waals surface area contributed by atoms with Gasteiger partial charge in [0.05, 0.1) is 11.3 Å². The van der Waals surface area contributed by atoms with Crippen LogP contribution < -0.4 is 25.4 Å². The number of benzene rings is 7. The van der Waals surface area contributed by atoms with E-state index in [9.17, 15) is 0 Å². The molecule has 2 nitrogen and oxygen atoms in total.